The molecular formula is C14H19NO4. The van der Waals surface area contributed by atoms with Crippen LogP contribution in [-0.4, -0.2) is 24.4 Å². The minimum atomic E-state index is 0.0853. The second kappa shape index (κ2) is 4.58. The van der Waals surface area contributed by atoms with Gasteiger partial charge in [0, 0.05) is 29.5 Å². The number of rotatable bonds is 3. The molecule has 2 aliphatic heterocycles. The molecule has 5 nitrogen and oxygen atoms in total. The van der Waals surface area contributed by atoms with Gasteiger partial charge in [0.05, 0.1) is 13.7 Å². The number of benzene rings is 1. The molecule has 104 valence electrons. The molecule has 0 fully saturated rings. The van der Waals surface area contributed by atoms with Crippen LogP contribution in [-0.2, 0) is 24.2 Å². The zero-order valence-corrected chi connectivity index (χ0v) is 11.4. The second-order valence-electron chi connectivity index (χ2n) is 5.23. The van der Waals surface area contributed by atoms with E-state index in [1.54, 1.807) is 7.11 Å². The number of hydrogen-bond acceptors (Lipinski definition) is 5. The van der Waals surface area contributed by atoms with Crippen LogP contribution in [0.25, 0.3) is 0 Å². The summed E-state index contributed by atoms with van der Waals surface area (Å²) in [4.78, 5) is 4.94. The highest BCUT2D eigenvalue weighted by Gasteiger charge is 2.35. The number of nitrogens with one attached hydrogen (secondary N) is 1. The fraction of sp³-hybridized carbons (Fsp3) is 0.571. The first-order valence-electron chi connectivity index (χ1n) is 6.60. The van der Waals surface area contributed by atoms with E-state index in [1.165, 1.54) is 0 Å². The summed E-state index contributed by atoms with van der Waals surface area (Å²) in [5, 5.41) is 10.4. The van der Waals surface area contributed by atoms with E-state index in [-0.39, 0.29) is 18.0 Å². The maximum atomic E-state index is 10.4. The largest absolute Gasteiger partial charge is 0.504 e. The lowest BCUT2D eigenvalue weighted by molar-refractivity contribution is 0.0856. The number of aromatic hydroxyl groups is 1. The summed E-state index contributed by atoms with van der Waals surface area (Å²) < 4.78 is 11.6. The first-order chi connectivity index (χ1) is 9.11. The van der Waals surface area contributed by atoms with E-state index in [0.717, 1.165) is 28.9 Å². The average Bonchev–Trinajstić information content (AvgIpc) is 2.93. The van der Waals surface area contributed by atoms with Gasteiger partial charge < -0.3 is 19.4 Å². The second-order valence-corrected chi connectivity index (χ2v) is 5.23. The molecule has 0 radical (unpaired) electrons. The summed E-state index contributed by atoms with van der Waals surface area (Å²) in [6.45, 7) is 4.55. The van der Waals surface area contributed by atoms with Crippen LogP contribution in [0.2, 0.25) is 0 Å². The lowest BCUT2D eigenvalue weighted by Gasteiger charge is -2.15. The molecule has 0 bridgehead atoms. The average molecular weight is 265 g/mol. The van der Waals surface area contributed by atoms with Crippen molar-refractivity contribution in [3.63, 3.8) is 0 Å². The molecule has 2 heterocycles. The summed E-state index contributed by atoms with van der Waals surface area (Å²) >= 11 is 0. The molecular weight excluding hydrogens is 246 g/mol. The van der Waals surface area contributed by atoms with Crippen molar-refractivity contribution in [3.05, 3.63) is 16.7 Å². The van der Waals surface area contributed by atoms with Gasteiger partial charge in [-0.2, -0.15) is 5.48 Å². The lowest BCUT2D eigenvalue weighted by atomic mass is 9.97. The third-order valence-corrected chi connectivity index (χ3v) is 3.70. The number of phenolic OH excluding ortho intramolecular Hbond substituents is 1. The van der Waals surface area contributed by atoms with Crippen molar-refractivity contribution >= 4 is 0 Å². The minimum absolute atomic E-state index is 0.0853. The standard InChI is InChI=1S/C14H19NO4/c1-7-4-9-11(6-15-17-3)13-10(5-8(2)18-13)12(16)14(9)19-7/h7-8,15-16H,4-6H2,1-3H3. The Labute approximate surface area is 112 Å². The van der Waals surface area contributed by atoms with Gasteiger partial charge in [0.25, 0.3) is 0 Å². The zero-order chi connectivity index (χ0) is 13.6. The molecule has 0 saturated heterocycles. The van der Waals surface area contributed by atoms with E-state index >= 15 is 0 Å². The van der Waals surface area contributed by atoms with Crippen LogP contribution in [0.5, 0.6) is 17.2 Å². The smallest absolute Gasteiger partial charge is 0.165 e. The molecule has 2 atom stereocenters. The highest BCUT2D eigenvalue weighted by Crippen LogP contribution is 2.50. The Morgan fingerprint density at radius 3 is 2.47 bits per heavy atom. The highest BCUT2D eigenvalue weighted by atomic mass is 16.6. The molecule has 5 heteroatoms. The Balaban J connectivity index is 2.12. The summed E-state index contributed by atoms with van der Waals surface area (Å²) in [6, 6.07) is 0. The summed E-state index contributed by atoms with van der Waals surface area (Å²) in [5.74, 6) is 1.67. The maximum Gasteiger partial charge on any atom is 0.165 e. The quantitative estimate of drug-likeness (QED) is 0.814. The number of hydroxylamine groups is 1. The molecule has 3 rings (SSSR count). The molecule has 0 aromatic heterocycles. The van der Waals surface area contributed by atoms with Gasteiger partial charge in [0.1, 0.15) is 18.0 Å². The van der Waals surface area contributed by atoms with E-state index in [2.05, 4.69) is 5.48 Å². The predicted octanol–water partition coefficient (Wildman–Crippen LogP) is 1.69. The lowest BCUT2D eigenvalue weighted by Crippen LogP contribution is -2.14. The summed E-state index contributed by atoms with van der Waals surface area (Å²) in [5.41, 5.74) is 5.78. The van der Waals surface area contributed by atoms with Crippen LogP contribution in [0.4, 0.5) is 0 Å². The number of hydrogen-bond donors (Lipinski definition) is 2. The molecule has 0 amide bonds. The minimum Gasteiger partial charge on any atom is -0.504 e. The van der Waals surface area contributed by atoms with Crippen molar-refractivity contribution in [2.45, 2.75) is 45.4 Å². The van der Waals surface area contributed by atoms with Crippen LogP contribution in [0.15, 0.2) is 0 Å². The Morgan fingerprint density at radius 1 is 1.16 bits per heavy atom. The van der Waals surface area contributed by atoms with Crippen molar-refractivity contribution in [1.82, 2.24) is 5.48 Å². The Hall–Kier alpha value is -1.46. The molecule has 1 aromatic rings. The van der Waals surface area contributed by atoms with Gasteiger partial charge in [0.2, 0.25) is 0 Å². The van der Waals surface area contributed by atoms with Gasteiger partial charge in [-0.1, -0.05) is 0 Å². The van der Waals surface area contributed by atoms with Crippen LogP contribution >= 0.6 is 0 Å². The fourth-order valence-electron chi connectivity index (χ4n) is 2.91. The molecule has 0 aliphatic carbocycles. The Bertz CT molecular complexity index is 476. The molecule has 0 spiro atoms. The SMILES string of the molecule is CONCc1c2c(c(O)c3c1OC(C)C3)OC(C)C2. The molecule has 0 saturated carbocycles. The van der Waals surface area contributed by atoms with Crippen molar-refractivity contribution in [3.8, 4) is 17.2 Å². The van der Waals surface area contributed by atoms with E-state index in [1.807, 2.05) is 13.8 Å². The molecule has 1 aromatic carbocycles. The van der Waals surface area contributed by atoms with E-state index < -0.39 is 0 Å². The fourth-order valence-corrected chi connectivity index (χ4v) is 2.91. The Kier molecular flexibility index (Phi) is 3.03. The molecule has 2 N–H and O–H groups in total. The summed E-state index contributed by atoms with van der Waals surface area (Å²) in [7, 11) is 1.59. The van der Waals surface area contributed by atoms with Gasteiger partial charge in [0.15, 0.2) is 11.5 Å². The van der Waals surface area contributed by atoms with Crippen molar-refractivity contribution in [2.75, 3.05) is 7.11 Å². The normalized spacial score (nSPS) is 23.7. The van der Waals surface area contributed by atoms with Gasteiger partial charge in [-0.05, 0) is 13.8 Å². The third-order valence-electron chi connectivity index (χ3n) is 3.70. The van der Waals surface area contributed by atoms with E-state index in [0.29, 0.717) is 18.7 Å². The number of ether oxygens (including phenoxy) is 2. The van der Waals surface area contributed by atoms with Gasteiger partial charge in [-0.15, -0.1) is 0 Å². The molecule has 19 heavy (non-hydrogen) atoms. The predicted molar refractivity (Wildman–Crippen MR) is 69.5 cm³/mol. The zero-order valence-electron chi connectivity index (χ0n) is 11.4. The number of fused-ring (bicyclic) bond motifs is 2. The van der Waals surface area contributed by atoms with E-state index in [9.17, 15) is 5.11 Å². The third kappa shape index (κ3) is 1.93. The van der Waals surface area contributed by atoms with Crippen molar-refractivity contribution < 1.29 is 19.4 Å². The molecule has 2 unspecified atom stereocenters. The van der Waals surface area contributed by atoms with Crippen LogP contribution in [0, 0.1) is 0 Å². The monoisotopic (exact) mass is 265 g/mol. The van der Waals surface area contributed by atoms with Crippen LogP contribution in [0.3, 0.4) is 0 Å². The first-order valence-corrected chi connectivity index (χ1v) is 6.60. The van der Waals surface area contributed by atoms with Crippen molar-refractivity contribution in [1.29, 1.82) is 0 Å². The number of phenols is 1. The van der Waals surface area contributed by atoms with Gasteiger partial charge in [-0.25, -0.2) is 0 Å². The summed E-state index contributed by atoms with van der Waals surface area (Å²) in [6.07, 6.45) is 1.67. The van der Waals surface area contributed by atoms with Gasteiger partial charge >= 0.3 is 0 Å². The maximum absolute atomic E-state index is 10.4. The highest BCUT2D eigenvalue weighted by molar-refractivity contribution is 5.65. The van der Waals surface area contributed by atoms with Crippen LogP contribution < -0.4 is 15.0 Å². The topological polar surface area (TPSA) is 60.0 Å². The molecule has 2 aliphatic rings. The van der Waals surface area contributed by atoms with Gasteiger partial charge in [-0.3, -0.25) is 0 Å². The van der Waals surface area contributed by atoms with E-state index in [4.69, 9.17) is 14.3 Å². The Morgan fingerprint density at radius 2 is 1.79 bits per heavy atom. The first kappa shape index (κ1) is 12.6. The van der Waals surface area contributed by atoms with Crippen molar-refractivity contribution in [2.24, 2.45) is 0 Å². The van der Waals surface area contributed by atoms with Crippen LogP contribution in [0.1, 0.15) is 30.5 Å².